The Morgan fingerprint density at radius 3 is 2.87 bits per heavy atom. The van der Waals surface area contributed by atoms with E-state index in [2.05, 4.69) is 48.9 Å². The zero-order valence-electron chi connectivity index (χ0n) is 16.9. The molecule has 2 aromatic heterocycles. The molecule has 1 amide bonds. The molecule has 1 unspecified atom stereocenters. The number of β-amino-alcohol motifs (C(OH)–C–C–N with tert-alkyl or cyclic N) is 1. The minimum absolute atomic E-state index is 0.195. The van der Waals surface area contributed by atoms with E-state index < -0.39 is 6.10 Å². The summed E-state index contributed by atoms with van der Waals surface area (Å²) in [6, 6.07) is 13.6. The van der Waals surface area contributed by atoms with Crippen LogP contribution in [0.5, 0.6) is 0 Å². The van der Waals surface area contributed by atoms with Gasteiger partial charge in [-0.15, -0.1) is 0 Å². The number of fused-ring (bicyclic) bond motifs is 1. The number of anilines is 2. The van der Waals surface area contributed by atoms with E-state index in [9.17, 15) is 9.90 Å². The third kappa shape index (κ3) is 5.03. The van der Waals surface area contributed by atoms with Crippen LogP contribution < -0.4 is 10.6 Å². The van der Waals surface area contributed by atoms with Crippen LogP contribution in [0.15, 0.2) is 48.7 Å². The standard InChI is InChI=1S/C22H26N6O2/c1-15-10-21(27-26-15)25-20-11-17(6-8-23-20)22(30)24-12-19(29)14-28-9-7-16-4-2-3-5-18(16)13-28/h2-6,8,10-11,19,29H,7,9,12-14H2,1H3,(H,24,30)(H2,23,25,26,27). The van der Waals surface area contributed by atoms with Crippen molar-refractivity contribution < 1.29 is 9.90 Å². The number of pyridine rings is 1. The molecule has 1 aliphatic rings. The van der Waals surface area contributed by atoms with Gasteiger partial charge in [0.1, 0.15) is 5.82 Å². The van der Waals surface area contributed by atoms with Crippen LogP contribution in [-0.4, -0.2) is 56.8 Å². The number of benzene rings is 1. The number of amides is 1. The maximum atomic E-state index is 12.5. The van der Waals surface area contributed by atoms with Gasteiger partial charge >= 0.3 is 0 Å². The molecular formula is C22H26N6O2. The molecule has 8 heteroatoms. The summed E-state index contributed by atoms with van der Waals surface area (Å²) in [6.45, 7) is 4.36. The van der Waals surface area contributed by atoms with E-state index in [1.54, 1.807) is 18.3 Å². The first-order valence-corrected chi connectivity index (χ1v) is 10.1. The number of aryl methyl sites for hydroxylation is 1. The van der Waals surface area contributed by atoms with Crippen LogP contribution >= 0.6 is 0 Å². The summed E-state index contributed by atoms with van der Waals surface area (Å²) in [7, 11) is 0. The maximum Gasteiger partial charge on any atom is 0.251 e. The lowest BCUT2D eigenvalue weighted by molar-refractivity contribution is 0.0842. The third-order valence-corrected chi connectivity index (χ3v) is 5.16. The van der Waals surface area contributed by atoms with Crippen molar-refractivity contribution in [3.63, 3.8) is 0 Å². The quantitative estimate of drug-likeness (QED) is 0.478. The van der Waals surface area contributed by atoms with Gasteiger partial charge in [0.05, 0.1) is 6.10 Å². The Hall–Kier alpha value is -3.23. The topological polar surface area (TPSA) is 106 Å². The Bertz CT molecular complexity index is 1020. The number of hydrogen-bond acceptors (Lipinski definition) is 6. The summed E-state index contributed by atoms with van der Waals surface area (Å²) in [5.41, 5.74) is 4.09. The Morgan fingerprint density at radius 2 is 2.07 bits per heavy atom. The predicted molar refractivity (Wildman–Crippen MR) is 115 cm³/mol. The van der Waals surface area contributed by atoms with Gasteiger partial charge in [0, 0.05) is 49.7 Å². The maximum absolute atomic E-state index is 12.5. The molecule has 0 spiro atoms. The summed E-state index contributed by atoms with van der Waals surface area (Å²) in [6.07, 6.45) is 1.92. The molecule has 8 nitrogen and oxygen atoms in total. The lowest BCUT2D eigenvalue weighted by Gasteiger charge is -2.30. The second-order valence-corrected chi connectivity index (χ2v) is 7.61. The first-order valence-electron chi connectivity index (χ1n) is 10.1. The van der Waals surface area contributed by atoms with Crippen LogP contribution in [0.4, 0.5) is 11.6 Å². The number of nitrogens with zero attached hydrogens (tertiary/aromatic N) is 3. The fourth-order valence-corrected chi connectivity index (χ4v) is 3.64. The molecule has 3 aromatic rings. The van der Waals surface area contributed by atoms with Crippen LogP contribution in [0.2, 0.25) is 0 Å². The highest BCUT2D eigenvalue weighted by atomic mass is 16.3. The summed E-state index contributed by atoms with van der Waals surface area (Å²) in [5, 5.41) is 23.2. The van der Waals surface area contributed by atoms with Gasteiger partial charge in [-0.1, -0.05) is 24.3 Å². The average Bonchev–Trinajstić information content (AvgIpc) is 3.16. The average molecular weight is 406 g/mol. The van der Waals surface area contributed by atoms with Gasteiger partial charge in [-0.2, -0.15) is 5.10 Å². The molecule has 3 heterocycles. The zero-order chi connectivity index (χ0) is 20.9. The van der Waals surface area contributed by atoms with Gasteiger partial charge in [0.15, 0.2) is 5.82 Å². The first-order chi connectivity index (χ1) is 14.6. The van der Waals surface area contributed by atoms with Crippen molar-refractivity contribution in [2.75, 3.05) is 25.0 Å². The van der Waals surface area contributed by atoms with E-state index in [0.717, 1.165) is 25.2 Å². The minimum Gasteiger partial charge on any atom is -0.390 e. The van der Waals surface area contributed by atoms with E-state index >= 15 is 0 Å². The number of carbonyl (C=O) groups is 1. The number of aromatic amines is 1. The normalized spacial score (nSPS) is 14.7. The Morgan fingerprint density at radius 1 is 1.23 bits per heavy atom. The highest BCUT2D eigenvalue weighted by Gasteiger charge is 2.19. The Kier molecular flexibility index (Phi) is 6.06. The second-order valence-electron chi connectivity index (χ2n) is 7.61. The van der Waals surface area contributed by atoms with Crippen molar-refractivity contribution in [1.29, 1.82) is 0 Å². The number of hydrogen-bond donors (Lipinski definition) is 4. The van der Waals surface area contributed by atoms with Crippen LogP contribution in [0, 0.1) is 6.92 Å². The predicted octanol–water partition coefficient (Wildman–Crippen LogP) is 2.01. The molecule has 0 saturated carbocycles. The molecule has 1 atom stereocenters. The number of aliphatic hydroxyl groups excluding tert-OH is 1. The number of H-pyrrole nitrogens is 1. The highest BCUT2D eigenvalue weighted by Crippen LogP contribution is 2.18. The number of rotatable bonds is 7. The van der Waals surface area contributed by atoms with Gasteiger partial charge < -0.3 is 15.7 Å². The van der Waals surface area contributed by atoms with Gasteiger partial charge in [-0.05, 0) is 36.6 Å². The van der Waals surface area contributed by atoms with E-state index in [0.29, 0.717) is 23.7 Å². The summed E-state index contributed by atoms with van der Waals surface area (Å²) < 4.78 is 0. The monoisotopic (exact) mass is 406 g/mol. The molecule has 1 aromatic carbocycles. The van der Waals surface area contributed by atoms with E-state index in [1.807, 2.05) is 19.1 Å². The fourth-order valence-electron chi connectivity index (χ4n) is 3.64. The molecule has 4 rings (SSSR count). The molecule has 156 valence electrons. The molecule has 30 heavy (non-hydrogen) atoms. The Labute approximate surface area is 175 Å². The fraction of sp³-hybridized carbons (Fsp3) is 0.318. The molecular weight excluding hydrogens is 380 g/mol. The van der Waals surface area contributed by atoms with Crippen LogP contribution in [0.1, 0.15) is 27.2 Å². The number of aliphatic hydroxyl groups is 1. The molecule has 0 saturated heterocycles. The van der Waals surface area contributed by atoms with Crippen molar-refractivity contribution >= 4 is 17.5 Å². The summed E-state index contributed by atoms with van der Waals surface area (Å²) >= 11 is 0. The van der Waals surface area contributed by atoms with Gasteiger partial charge in [-0.3, -0.25) is 14.8 Å². The molecule has 4 N–H and O–H groups in total. The lowest BCUT2D eigenvalue weighted by Crippen LogP contribution is -2.42. The molecule has 0 fully saturated rings. The van der Waals surface area contributed by atoms with E-state index in [1.165, 1.54) is 11.1 Å². The molecule has 0 radical (unpaired) electrons. The zero-order valence-corrected chi connectivity index (χ0v) is 16.9. The van der Waals surface area contributed by atoms with Crippen molar-refractivity contribution in [2.45, 2.75) is 26.0 Å². The van der Waals surface area contributed by atoms with Crippen molar-refractivity contribution in [3.05, 3.63) is 71.0 Å². The van der Waals surface area contributed by atoms with E-state index in [-0.39, 0.29) is 12.5 Å². The van der Waals surface area contributed by atoms with Crippen LogP contribution in [0.3, 0.4) is 0 Å². The summed E-state index contributed by atoms with van der Waals surface area (Å²) in [5.74, 6) is 0.916. The van der Waals surface area contributed by atoms with Gasteiger partial charge in [-0.25, -0.2) is 4.98 Å². The SMILES string of the molecule is Cc1cc(Nc2cc(C(=O)NCC(O)CN3CCc4ccccc4C3)ccn2)n[nH]1. The summed E-state index contributed by atoms with van der Waals surface area (Å²) in [4.78, 5) is 18.9. The molecule has 0 aliphatic carbocycles. The third-order valence-electron chi connectivity index (χ3n) is 5.16. The van der Waals surface area contributed by atoms with Gasteiger partial charge in [0.25, 0.3) is 5.91 Å². The Balaban J connectivity index is 1.27. The van der Waals surface area contributed by atoms with Crippen molar-refractivity contribution in [3.8, 4) is 0 Å². The first kappa shape index (κ1) is 20.1. The minimum atomic E-state index is -0.634. The van der Waals surface area contributed by atoms with Crippen LogP contribution in [-0.2, 0) is 13.0 Å². The number of aromatic nitrogens is 3. The number of nitrogens with one attached hydrogen (secondary N) is 3. The van der Waals surface area contributed by atoms with Crippen molar-refractivity contribution in [1.82, 2.24) is 25.4 Å². The largest absolute Gasteiger partial charge is 0.390 e. The van der Waals surface area contributed by atoms with E-state index in [4.69, 9.17) is 0 Å². The smallest absolute Gasteiger partial charge is 0.251 e. The van der Waals surface area contributed by atoms with Crippen LogP contribution in [0.25, 0.3) is 0 Å². The second kappa shape index (κ2) is 9.06. The molecule has 0 bridgehead atoms. The van der Waals surface area contributed by atoms with Gasteiger partial charge in [0.2, 0.25) is 0 Å². The highest BCUT2D eigenvalue weighted by molar-refractivity contribution is 5.94. The molecule has 1 aliphatic heterocycles. The number of carbonyl (C=O) groups excluding carboxylic acids is 1. The van der Waals surface area contributed by atoms with Crippen molar-refractivity contribution in [2.24, 2.45) is 0 Å². The lowest BCUT2D eigenvalue weighted by atomic mass is 10.00.